The molecule has 6 nitrogen and oxygen atoms in total. The van der Waals surface area contributed by atoms with Crippen LogP contribution in [0.1, 0.15) is 49.3 Å². The van der Waals surface area contributed by atoms with Crippen LogP contribution >= 0.6 is 24.0 Å². The zero-order valence-electron chi connectivity index (χ0n) is 17.6. The van der Waals surface area contributed by atoms with Gasteiger partial charge >= 0.3 is 6.18 Å². The first-order valence-corrected chi connectivity index (χ1v) is 10.4. The predicted octanol–water partition coefficient (Wildman–Crippen LogP) is 3.72. The molecule has 2 N–H and O–H groups in total. The van der Waals surface area contributed by atoms with Gasteiger partial charge in [-0.1, -0.05) is 31.4 Å². The van der Waals surface area contributed by atoms with Crippen LogP contribution in [-0.2, 0) is 15.7 Å². The fourth-order valence-electron chi connectivity index (χ4n) is 3.98. The van der Waals surface area contributed by atoms with Crippen molar-refractivity contribution in [3.63, 3.8) is 0 Å². The highest BCUT2D eigenvalue weighted by Crippen LogP contribution is 2.32. The van der Waals surface area contributed by atoms with Crippen molar-refractivity contribution in [3.8, 4) is 0 Å². The summed E-state index contributed by atoms with van der Waals surface area (Å²) in [5.74, 6) is 0.458. The molecule has 2 fully saturated rings. The SMILES string of the molecule is CN=C(NCC(=O)NC1CCCCC1)N1CCOC(c2cccc(C(F)(F)F)c2)C1.I. The second-order valence-electron chi connectivity index (χ2n) is 7.73. The van der Waals surface area contributed by atoms with E-state index in [1.54, 1.807) is 13.1 Å². The minimum Gasteiger partial charge on any atom is -0.370 e. The zero-order valence-corrected chi connectivity index (χ0v) is 19.9. The lowest BCUT2D eigenvalue weighted by atomic mass is 9.95. The third kappa shape index (κ3) is 7.51. The number of ether oxygens (including phenoxy) is 1. The highest BCUT2D eigenvalue weighted by Gasteiger charge is 2.32. The highest BCUT2D eigenvalue weighted by molar-refractivity contribution is 14.0. The molecule has 1 saturated heterocycles. The number of carbonyl (C=O) groups excluding carboxylic acids is 1. The van der Waals surface area contributed by atoms with Crippen molar-refractivity contribution in [2.24, 2.45) is 4.99 Å². The van der Waals surface area contributed by atoms with E-state index in [0.29, 0.717) is 31.2 Å². The van der Waals surface area contributed by atoms with Gasteiger partial charge in [0.1, 0.15) is 6.10 Å². The molecule has 1 atom stereocenters. The summed E-state index contributed by atoms with van der Waals surface area (Å²) in [6.45, 7) is 1.36. The predicted molar refractivity (Wildman–Crippen MR) is 124 cm³/mol. The number of nitrogens with one attached hydrogen (secondary N) is 2. The van der Waals surface area contributed by atoms with Crippen molar-refractivity contribution in [1.29, 1.82) is 0 Å². The van der Waals surface area contributed by atoms with E-state index in [1.165, 1.54) is 12.5 Å². The maximum Gasteiger partial charge on any atom is 0.416 e. The monoisotopic (exact) mass is 554 g/mol. The van der Waals surface area contributed by atoms with Gasteiger partial charge in [0.25, 0.3) is 0 Å². The first-order valence-electron chi connectivity index (χ1n) is 10.4. The van der Waals surface area contributed by atoms with E-state index >= 15 is 0 Å². The van der Waals surface area contributed by atoms with Crippen LogP contribution in [0.2, 0.25) is 0 Å². The first kappa shape index (κ1) is 25.7. The normalized spacial score (nSPS) is 20.7. The maximum absolute atomic E-state index is 13.0. The van der Waals surface area contributed by atoms with E-state index in [9.17, 15) is 18.0 Å². The lowest BCUT2D eigenvalue weighted by Gasteiger charge is -2.35. The number of alkyl halides is 3. The van der Waals surface area contributed by atoms with Crippen LogP contribution in [0.4, 0.5) is 13.2 Å². The Hall–Kier alpha value is -1.56. The smallest absolute Gasteiger partial charge is 0.370 e. The molecule has 174 valence electrons. The number of amides is 1. The number of hydrogen-bond acceptors (Lipinski definition) is 3. The third-order valence-corrected chi connectivity index (χ3v) is 5.54. The van der Waals surface area contributed by atoms with Gasteiger partial charge in [0.2, 0.25) is 5.91 Å². The molecule has 1 aromatic carbocycles. The summed E-state index contributed by atoms with van der Waals surface area (Å²) in [4.78, 5) is 18.4. The van der Waals surface area contributed by atoms with E-state index < -0.39 is 17.8 Å². The number of halogens is 4. The molecule has 0 aromatic heterocycles. The van der Waals surface area contributed by atoms with E-state index in [-0.39, 0.29) is 42.5 Å². The average Bonchev–Trinajstić information content (AvgIpc) is 2.75. The summed E-state index contributed by atoms with van der Waals surface area (Å²) in [6.07, 6.45) is 0.644. The molecule has 10 heteroatoms. The molecule has 2 aliphatic rings. The van der Waals surface area contributed by atoms with E-state index in [1.807, 2.05) is 4.90 Å². The second-order valence-corrected chi connectivity index (χ2v) is 7.73. The molecular formula is C21H30F3IN4O2. The number of nitrogens with zero attached hydrogens (tertiary/aromatic N) is 2. The number of guanidine groups is 1. The van der Waals surface area contributed by atoms with Gasteiger partial charge in [0.15, 0.2) is 5.96 Å². The van der Waals surface area contributed by atoms with Crippen LogP contribution in [0.5, 0.6) is 0 Å². The number of morpholine rings is 1. The molecule has 0 spiro atoms. The van der Waals surface area contributed by atoms with Gasteiger partial charge in [-0.3, -0.25) is 9.79 Å². The fraction of sp³-hybridized carbons (Fsp3) is 0.619. The Labute approximate surface area is 198 Å². The summed E-state index contributed by atoms with van der Waals surface area (Å²) in [5, 5.41) is 6.11. The molecule has 1 aliphatic carbocycles. The van der Waals surface area contributed by atoms with Crippen LogP contribution in [0.3, 0.4) is 0 Å². The number of benzene rings is 1. The molecule has 31 heavy (non-hydrogen) atoms. The lowest BCUT2D eigenvalue weighted by molar-refractivity contribution is -0.137. The van der Waals surface area contributed by atoms with Gasteiger partial charge in [0.05, 0.1) is 25.3 Å². The Morgan fingerprint density at radius 3 is 2.68 bits per heavy atom. The minimum atomic E-state index is -4.40. The molecule has 1 amide bonds. The van der Waals surface area contributed by atoms with Crippen LogP contribution in [0, 0.1) is 0 Å². The fourth-order valence-corrected chi connectivity index (χ4v) is 3.98. The van der Waals surface area contributed by atoms with Crippen LogP contribution in [0.15, 0.2) is 29.3 Å². The quantitative estimate of drug-likeness (QED) is 0.339. The van der Waals surface area contributed by atoms with Gasteiger partial charge in [0, 0.05) is 19.6 Å². The lowest BCUT2D eigenvalue weighted by Crippen LogP contribution is -2.51. The molecule has 1 aromatic rings. The van der Waals surface area contributed by atoms with Crippen molar-refractivity contribution in [2.75, 3.05) is 33.3 Å². The second kappa shape index (κ2) is 11.9. The van der Waals surface area contributed by atoms with Crippen LogP contribution in [-0.4, -0.2) is 56.1 Å². The Morgan fingerprint density at radius 2 is 2.00 bits per heavy atom. The number of carbonyl (C=O) groups is 1. The van der Waals surface area contributed by atoms with Gasteiger partial charge in [-0.15, -0.1) is 24.0 Å². The van der Waals surface area contributed by atoms with Gasteiger partial charge < -0.3 is 20.3 Å². The summed E-state index contributed by atoms with van der Waals surface area (Å²) < 4.78 is 44.8. The molecule has 1 unspecified atom stereocenters. The van der Waals surface area contributed by atoms with E-state index in [4.69, 9.17) is 4.74 Å². The van der Waals surface area contributed by atoms with Crippen LogP contribution in [0.25, 0.3) is 0 Å². The van der Waals surface area contributed by atoms with Crippen molar-refractivity contribution in [1.82, 2.24) is 15.5 Å². The number of aliphatic imine (C=N–C) groups is 1. The largest absolute Gasteiger partial charge is 0.416 e. The summed E-state index contributed by atoms with van der Waals surface area (Å²) >= 11 is 0. The topological polar surface area (TPSA) is 66.0 Å². The van der Waals surface area contributed by atoms with Crippen molar-refractivity contribution in [2.45, 2.75) is 50.4 Å². The molecule has 0 radical (unpaired) electrons. The average molecular weight is 554 g/mol. The van der Waals surface area contributed by atoms with Crippen molar-refractivity contribution < 1.29 is 22.7 Å². The molecule has 1 heterocycles. The van der Waals surface area contributed by atoms with Gasteiger partial charge in [-0.05, 0) is 30.5 Å². The Bertz CT molecular complexity index is 754. The zero-order chi connectivity index (χ0) is 21.6. The third-order valence-electron chi connectivity index (χ3n) is 5.54. The molecule has 1 saturated carbocycles. The van der Waals surface area contributed by atoms with E-state index in [2.05, 4.69) is 15.6 Å². The summed E-state index contributed by atoms with van der Waals surface area (Å²) in [5.41, 5.74) is -0.220. The summed E-state index contributed by atoms with van der Waals surface area (Å²) in [6, 6.07) is 5.45. The first-order chi connectivity index (χ1) is 14.4. The number of rotatable bonds is 4. The highest BCUT2D eigenvalue weighted by atomic mass is 127. The van der Waals surface area contributed by atoms with Gasteiger partial charge in [-0.2, -0.15) is 13.2 Å². The summed E-state index contributed by atoms with van der Waals surface area (Å²) in [7, 11) is 1.62. The molecule has 1 aliphatic heterocycles. The van der Waals surface area contributed by atoms with E-state index in [0.717, 1.165) is 37.8 Å². The molecule has 3 rings (SSSR count). The molecular weight excluding hydrogens is 524 g/mol. The minimum absolute atomic E-state index is 0. The number of hydrogen-bond donors (Lipinski definition) is 2. The Kier molecular flexibility index (Phi) is 9.86. The molecule has 0 bridgehead atoms. The van der Waals surface area contributed by atoms with Gasteiger partial charge in [-0.25, -0.2) is 0 Å². The Morgan fingerprint density at radius 1 is 1.26 bits per heavy atom. The van der Waals surface area contributed by atoms with Crippen LogP contribution < -0.4 is 10.6 Å². The van der Waals surface area contributed by atoms with Crippen molar-refractivity contribution in [3.05, 3.63) is 35.4 Å². The Balaban J connectivity index is 0.00000341. The maximum atomic E-state index is 13.0. The van der Waals surface area contributed by atoms with Crippen molar-refractivity contribution >= 4 is 35.8 Å². The standard InChI is InChI=1S/C21H29F3N4O2.HI/c1-25-20(26-13-19(29)27-17-8-3-2-4-9-17)28-10-11-30-18(14-28)15-6-5-7-16(12-15)21(22,23)24;/h5-7,12,17-18H,2-4,8-11,13-14H2,1H3,(H,25,26)(H,27,29);1H.